The lowest BCUT2D eigenvalue weighted by molar-refractivity contribution is 0.0951. The van der Waals surface area contributed by atoms with Gasteiger partial charge in [0.05, 0.1) is 16.4 Å². The van der Waals surface area contributed by atoms with Crippen LogP contribution in [0.3, 0.4) is 0 Å². The van der Waals surface area contributed by atoms with E-state index in [1.807, 2.05) is 30.3 Å². The number of thiocarbonyl (C=S) groups is 1. The summed E-state index contributed by atoms with van der Waals surface area (Å²) in [6, 6.07) is 16.2. The number of hydrogen-bond acceptors (Lipinski definition) is 5. The molecule has 1 saturated heterocycles. The number of carbonyl (C=O) groups excluding carboxylic acids is 1. The van der Waals surface area contributed by atoms with E-state index in [0.717, 1.165) is 49.7 Å². The Balaban J connectivity index is 1.43. The van der Waals surface area contributed by atoms with Crippen LogP contribution in [0.2, 0.25) is 10.0 Å². The molecule has 0 unspecified atom stereocenters. The third-order valence-corrected chi connectivity index (χ3v) is 6.32. The number of benzene rings is 2. The van der Waals surface area contributed by atoms with Gasteiger partial charge in [0.15, 0.2) is 10.9 Å². The van der Waals surface area contributed by atoms with E-state index in [1.165, 1.54) is 0 Å². The largest absolute Gasteiger partial charge is 0.451 e. The molecule has 172 valence electrons. The standard InChI is InChI=1S/C24H24Cl2N4O2S/c1-2-29-12-14-30(15-13-29)22-18(26)4-3-5-19(22)27-24(33)28-23(31)21-11-10-20(32-21)16-6-8-17(25)9-7-16/h3-11H,2,12-15H2,1H3,(H2,27,28,31,33). The Kier molecular flexibility index (Phi) is 7.55. The van der Waals surface area contributed by atoms with Gasteiger partial charge in [-0.2, -0.15) is 0 Å². The van der Waals surface area contributed by atoms with Crippen LogP contribution in [-0.4, -0.2) is 48.6 Å². The van der Waals surface area contributed by atoms with E-state index in [0.29, 0.717) is 15.8 Å². The van der Waals surface area contributed by atoms with E-state index in [-0.39, 0.29) is 10.9 Å². The Morgan fingerprint density at radius 1 is 1.03 bits per heavy atom. The van der Waals surface area contributed by atoms with Crippen LogP contribution in [-0.2, 0) is 0 Å². The summed E-state index contributed by atoms with van der Waals surface area (Å²) >= 11 is 17.9. The molecule has 0 aliphatic carbocycles. The van der Waals surface area contributed by atoms with Crippen molar-refractivity contribution >= 4 is 57.8 Å². The second kappa shape index (κ2) is 10.6. The summed E-state index contributed by atoms with van der Waals surface area (Å²) in [6.45, 7) is 6.87. The Labute approximate surface area is 208 Å². The fourth-order valence-corrected chi connectivity index (χ4v) is 4.40. The molecular weight excluding hydrogens is 479 g/mol. The zero-order valence-corrected chi connectivity index (χ0v) is 20.4. The lowest BCUT2D eigenvalue weighted by Crippen LogP contribution is -2.46. The second-order valence-corrected chi connectivity index (χ2v) is 8.89. The van der Waals surface area contributed by atoms with Crippen molar-refractivity contribution in [1.82, 2.24) is 10.2 Å². The molecule has 1 aromatic heterocycles. The quantitative estimate of drug-likeness (QED) is 0.447. The van der Waals surface area contributed by atoms with E-state index in [2.05, 4.69) is 27.4 Å². The van der Waals surface area contributed by atoms with Crippen LogP contribution >= 0.6 is 35.4 Å². The number of carbonyl (C=O) groups is 1. The van der Waals surface area contributed by atoms with Crippen molar-refractivity contribution < 1.29 is 9.21 Å². The number of halogens is 2. The summed E-state index contributed by atoms with van der Waals surface area (Å²) in [5, 5.41) is 7.24. The zero-order chi connectivity index (χ0) is 23.4. The predicted molar refractivity (Wildman–Crippen MR) is 139 cm³/mol. The first-order valence-corrected chi connectivity index (χ1v) is 11.8. The number of amides is 1. The third kappa shape index (κ3) is 5.68. The van der Waals surface area contributed by atoms with Crippen LogP contribution in [0, 0.1) is 0 Å². The van der Waals surface area contributed by atoms with Crippen LogP contribution in [0.15, 0.2) is 59.0 Å². The number of likely N-dealkylation sites (N-methyl/N-ethyl adjacent to an activating group) is 1. The van der Waals surface area contributed by atoms with Gasteiger partial charge in [0.2, 0.25) is 0 Å². The van der Waals surface area contributed by atoms with Crippen LogP contribution in [0.25, 0.3) is 11.3 Å². The van der Waals surface area contributed by atoms with Crippen molar-refractivity contribution in [2.75, 3.05) is 42.9 Å². The summed E-state index contributed by atoms with van der Waals surface area (Å²) in [4.78, 5) is 17.3. The number of hydrogen-bond donors (Lipinski definition) is 2. The van der Waals surface area contributed by atoms with Crippen LogP contribution in [0.1, 0.15) is 17.5 Å². The maximum atomic E-state index is 12.7. The van der Waals surface area contributed by atoms with E-state index in [9.17, 15) is 4.79 Å². The molecule has 0 spiro atoms. The molecule has 0 atom stereocenters. The van der Waals surface area contributed by atoms with Gasteiger partial charge < -0.3 is 19.5 Å². The summed E-state index contributed by atoms with van der Waals surface area (Å²) in [6.07, 6.45) is 0. The van der Waals surface area contributed by atoms with Crippen molar-refractivity contribution in [1.29, 1.82) is 0 Å². The lowest BCUT2D eigenvalue weighted by atomic mass is 10.2. The Bertz CT molecular complexity index is 1140. The molecule has 0 bridgehead atoms. The summed E-state index contributed by atoms with van der Waals surface area (Å²) in [5.41, 5.74) is 2.46. The first-order valence-electron chi connectivity index (χ1n) is 10.7. The Morgan fingerprint density at radius 3 is 2.45 bits per heavy atom. The molecule has 1 amide bonds. The van der Waals surface area contributed by atoms with E-state index >= 15 is 0 Å². The molecule has 2 heterocycles. The zero-order valence-electron chi connectivity index (χ0n) is 18.1. The highest BCUT2D eigenvalue weighted by atomic mass is 35.5. The van der Waals surface area contributed by atoms with Crippen LogP contribution in [0.5, 0.6) is 0 Å². The Hall–Kier alpha value is -2.58. The number of anilines is 2. The maximum Gasteiger partial charge on any atom is 0.293 e. The minimum atomic E-state index is -0.437. The molecule has 0 saturated carbocycles. The van der Waals surface area contributed by atoms with Crippen molar-refractivity contribution in [3.05, 3.63) is 70.4 Å². The topological polar surface area (TPSA) is 60.8 Å². The highest BCUT2D eigenvalue weighted by Gasteiger charge is 2.21. The molecular formula is C24H24Cl2N4O2S. The van der Waals surface area contributed by atoms with Gasteiger partial charge in [-0.1, -0.05) is 36.2 Å². The van der Waals surface area contributed by atoms with Crippen molar-refractivity contribution in [2.45, 2.75) is 6.92 Å². The second-order valence-electron chi connectivity index (χ2n) is 7.64. The molecule has 6 nitrogen and oxygen atoms in total. The van der Waals surface area contributed by atoms with Crippen LogP contribution in [0.4, 0.5) is 11.4 Å². The molecule has 0 radical (unpaired) electrons. The smallest absolute Gasteiger partial charge is 0.293 e. The number of para-hydroxylation sites is 1. The van der Waals surface area contributed by atoms with Crippen molar-refractivity contribution in [3.8, 4) is 11.3 Å². The number of piperazine rings is 1. The van der Waals surface area contributed by atoms with Gasteiger partial charge in [0.1, 0.15) is 5.76 Å². The van der Waals surface area contributed by atoms with E-state index < -0.39 is 5.91 Å². The highest BCUT2D eigenvalue weighted by molar-refractivity contribution is 7.80. The van der Waals surface area contributed by atoms with Crippen molar-refractivity contribution in [3.63, 3.8) is 0 Å². The monoisotopic (exact) mass is 502 g/mol. The SMILES string of the molecule is CCN1CCN(c2c(Cl)cccc2NC(=S)NC(=O)c2ccc(-c3ccc(Cl)cc3)o2)CC1. The summed E-state index contributed by atoms with van der Waals surface area (Å²) < 4.78 is 5.70. The first-order chi connectivity index (χ1) is 15.9. The number of nitrogens with zero attached hydrogens (tertiary/aromatic N) is 2. The van der Waals surface area contributed by atoms with Gasteiger partial charge in [-0.15, -0.1) is 0 Å². The summed E-state index contributed by atoms with van der Waals surface area (Å²) in [7, 11) is 0. The molecule has 1 aliphatic rings. The number of furan rings is 1. The third-order valence-electron chi connectivity index (χ3n) is 5.56. The minimum Gasteiger partial charge on any atom is -0.451 e. The maximum absolute atomic E-state index is 12.7. The average Bonchev–Trinajstić information content (AvgIpc) is 3.30. The fourth-order valence-electron chi connectivity index (χ4n) is 3.77. The molecule has 1 aliphatic heterocycles. The lowest BCUT2D eigenvalue weighted by Gasteiger charge is -2.37. The van der Waals surface area contributed by atoms with Gasteiger partial charge in [-0.25, -0.2) is 0 Å². The van der Waals surface area contributed by atoms with Gasteiger partial charge in [-0.05, 0) is 67.3 Å². The molecule has 1 fully saturated rings. The Morgan fingerprint density at radius 2 is 1.76 bits per heavy atom. The minimum absolute atomic E-state index is 0.158. The molecule has 3 aromatic rings. The number of rotatable bonds is 5. The number of nitrogens with one attached hydrogen (secondary N) is 2. The molecule has 9 heteroatoms. The normalized spacial score (nSPS) is 14.2. The average molecular weight is 503 g/mol. The fraction of sp³-hybridized carbons (Fsp3) is 0.250. The molecule has 4 rings (SSSR count). The van der Waals surface area contributed by atoms with Crippen molar-refractivity contribution in [2.24, 2.45) is 0 Å². The first kappa shape index (κ1) is 23.6. The van der Waals surface area contributed by atoms with Gasteiger partial charge in [-0.3, -0.25) is 10.1 Å². The van der Waals surface area contributed by atoms with E-state index in [1.54, 1.807) is 24.3 Å². The van der Waals surface area contributed by atoms with Gasteiger partial charge >= 0.3 is 0 Å². The predicted octanol–water partition coefficient (Wildman–Crippen LogP) is 5.52. The summed E-state index contributed by atoms with van der Waals surface area (Å²) in [5.74, 6) is 0.290. The van der Waals surface area contributed by atoms with Gasteiger partial charge in [0, 0.05) is 36.8 Å². The van der Waals surface area contributed by atoms with Crippen LogP contribution < -0.4 is 15.5 Å². The van der Waals surface area contributed by atoms with Gasteiger partial charge in [0.25, 0.3) is 5.91 Å². The highest BCUT2D eigenvalue weighted by Crippen LogP contribution is 2.34. The van der Waals surface area contributed by atoms with E-state index in [4.69, 9.17) is 39.8 Å². The molecule has 2 N–H and O–H groups in total. The molecule has 2 aromatic carbocycles. The molecule has 33 heavy (non-hydrogen) atoms.